The molecule has 0 aromatic heterocycles. The first kappa shape index (κ1) is 13.8. The normalized spacial score (nSPS) is 18.0. The van der Waals surface area contributed by atoms with E-state index in [1.165, 1.54) is 21.5 Å². The first-order valence-corrected chi connectivity index (χ1v) is 7.78. The molecule has 1 aliphatic heterocycles. The largest absolute Gasteiger partial charge is 0.495 e. The van der Waals surface area contributed by atoms with E-state index in [1.54, 1.807) is 0 Å². The highest BCUT2D eigenvalue weighted by atomic mass is 16.6. The molecule has 110 valence electrons. The van der Waals surface area contributed by atoms with Crippen LogP contribution < -0.4 is 5.46 Å². The first-order valence-electron chi connectivity index (χ1n) is 7.78. The lowest BCUT2D eigenvalue weighted by Gasteiger charge is -2.33. The summed E-state index contributed by atoms with van der Waals surface area (Å²) < 4.78 is 12.1. The molecular weight excluding hydrogens is 271 g/mol. The lowest BCUT2D eigenvalue weighted by Crippen LogP contribution is -2.47. The van der Waals surface area contributed by atoms with E-state index >= 15 is 0 Å². The smallest absolute Gasteiger partial charge is 0.407 e. The van der Waals surface area contributed by atoms with Crippen LogP contribution in [0.2, 0.25) is 0 Å². The fourth-order valence-electron chi connectivity index (χ4n) is 3.16. The summed E-state index contributed by atoms with van der Waals surface area (Å²) in [6.07, 6.45) is 0. The molecule has 4 rings (SSSR count). The molecule has 0 bridgehead atoms. The Bertz CT molecular complexity index is 777. The molecule has 3 heteroatoms. The molecule has 0 unspecified atom stereocenters. The van der Waals surface area contributed by atoms with E-state index in [-0.39, 0.29) is 12.5 Å². The molecule has 1 saturated heterocycles. The molecule has 0 amide bonds. The van der Waals surface area contributed by atoms with Crippen molar-refractivity contribution in [2.24, 2.45) is 5.41 Å². The van der Waals surface area contributed by atoms with Crippen LogP contribution in [-0.4, -0.2) is 20.3 Å². The number of hydrogen-bond acceptors (Lipinski definition) is 2. The number of rotatable bonds is 1. The van der Waals surface area contributed by atoms with Gasteiger partial charge in [-0.15, -0.1) is 0 Å². The zero-order valence-corrected chi connectivity index (χ0v) is 13.0. The lowest BCUT2D eigenvalue weighted by atomic mass is 9.71. The van der Waals surface area contributed by atoms with Crippen molar-refractivity contribution < 1.29 is 9.31 Å². The molecule has 0 spiro atoms. The highest BCUT2D eigenvalue weighted by molar-refractivity contribution is 6.68. The van der Waals surface area contributed by atoms with Crippen LogP contribution in [0.3, 0.4) is 0 Å². The molecule has 1 fully saturated rings. The maximum Gasteiger partial charge on any atom is 0.495 e. The Morgan fingerprint density at radius 1 is 0.818 bits per heavy atom. The van der Waals surface area contributed by atoms with Gasteiger partial charge in [0.15, 0.2) is 0 Å². The van der Waals surface area contributed by atoms with Crippen LogP contribution in [0.15, 0.2) is 54.6 Å². The average Bonchev–Trinajstić information content (AvgIpc) is 2.53. The molecule has 0 radical (unpaired) electrons. The van der Waals surface area contributed by atoms with Crippen molar-refractivity contribution in [2.45, 2.75) is 13.8 Å². The maximum absolute atomic E-state index is 6.07. The summed E-state index contributed by atoms with van der Waals surface area (Å²) in [5.41, 5.74) is 1.24. The fraction of sp³-hybridized carbons (Fsp3) is 0.263. The van der Waals surface area contributed by atoms with Gasteiger partial charge in [-0.05, 0) is 33.1 Å². The maximum atomic E-state index is 6.07. The third-order valence-corrected chi connectivity index (χ3v) is 4.30. The van der Waals surface area contributed by atoms with E-state index in [0.717, 1.165) is 18.7 Å². The zero-order valence-electron chi connectivity index (χ0n) is 13.0. The van der Waals surface area contributed by atoms with Gasteiger partial charge < -0.3 is 9.31 Å². The second-order valence-corrected chi connectivity index (χ2v) is 6.85. The summed E-state index contributed by atoms with van der Waals surface area (Å²) in [5, 5.41) is 4.89. The Balaban J connectivity index is 1.93. The van der Waals surface area contributed by atoms with Gasteiger partial charge in [0.05, 0.1) is 0 Å². The van der Waals surface area contributed by atoms with Crippen molar-refractivity contribution in [2.75, 3.05) is 13.2 Å². The van der Waals surface area contributed by atoms with Crippen molar-refractivity contribution in [1.29, 1.82) is 0 Å². The van der Waals surface area contributed by atoms with E-state index in [0.29, 0.717) is 0 Å². The topological polar surface area (TPSA) is 18.5 Å². The Morgan fingerprint density at radius 2 is 1.32 bits per heavy atom. The van der Waals surface area contributed by atoms with Crippen LogP contribution in [0.25, 0.3) is 21.5 Å². The molecule has 1 heterocycles. The monoisotopic (exact) mass is 290 g/mol. The van der Waals surface area contributed by atoms with Crippen LogP contribution in [0.5, 0.6) is 0 Å². The van der Waals surface area contributed by atoms with E-state index in [4.69, 9.17) is 9.31 Å². The van der Waals surface area contributed by atoms with Crippen molar-refractivity contribution in [3.05, 3.63) is 54.6 Å². The molecule has 2 nitrogen and oxygen atoms in total. The standard InChI is InChI=1S/C19H19BO2/c1-19(2)12-21-20(22-13-19)18-16-9-5-3-7-14(16)11-15-8-4-6-10-17(15)18/h3-11H,12-13H2,1-2H3. The fourth-order valence-corrected chi connectivity index (χ4v) is 3.16. The zero-order chi connectivity index (χ0) is 15.2. The van der Waals surface area contributed by atoms with Crippen LogP contribution in [0, 0.1) is 5.41 Å². The average molecular weight is 290 g/mol. The highest BCUT2D eigenvalue weighted by Gasteiger charge is 2.35. The van der Waals surface area contributed by atoms with Crippen molar-refractivity contribution in [1.82, 2.24) is 0 Å². The number of hydrogen-bond donors (Lipinski definition) is 0. The van der Waals surface area contributed by atoms with E-state index in [9.17, 15) is 0 Å². The Kier molecular flexibility index (Phi) is 3.21. The Hall–Kier alpha value is -1.84. The molecule has 0 N–H and O–H groups in total. The van der Waals surface area contributed by atoms with Crippen molar-refractivity contribution >= 4 is 34.1 Å². The van der Waals surface area contributed by atoms with Gasteiger partial charge in [-0.2, -0.15) is 0 Å². The Morgan fingerprint density at radius 3 is 1.86 bits per heavy atom. The lowest BCUT2D eigenvalue weighted by molar-refractivity contribution is 0.0345. The molecule has 0 saturated carbocycles. The molecule has 3 aromatic carbocycles. The van der Waals surface area contributed by atoms with Gasteiger partial charge in [-0.3, -0.25) is 0 Å². The summed E-state index contributed by atoms with van der Waals surface area (Å²) in [5.74, 6) is 0. The summed E-state index contributed by atoms with van der Waals surface area (Å²) in [7, 11) is -0.288. The van der Waals surface area contributed by atoms with Gasteiger partial charge in [0, 0.05) is 18.6 Å². The van der Waals surface area contributed by atoms with Crippen molar-refractivity contribution in [3.63, 3.8) is 0 Å². The molecule has 22 heavy (non-hydrogen) atoms. The Labute approximate surface area is 131 Å². The second-order valence-electron chi connectivity index (χ2n) is 6.85. The summed E-state index contributed by atoms with van der Waals surface area (Å²) in [6, 6.07) is 19.2. The predicted octanol–water partition coefficient (Wildman–Crippen LogP) is 3.76. The second kappa shape index (κ2) is 5.11. The number of benzene rings is 3. The van der Waals surface area contributed by atoms with Gasteiger partial charge >= 0.3 is 7.12 Å². The summed E-state index contributed by atoms with van der Waals surface area (Å²) in [4.78, 5) is 0. The minimum absolute atomic E-state index is 0.0802. The molecular formula is C19H19BO2. The van der Waals surface area contributed by atoms with E-state index < -0.39 is 0 Å². The minimum atomic E-state index is -0.288. The van der Waals surface area contributed by atoms with E-state index in [2.05, 4.69) is 68.4 Å². The van der Waals surface area contributed by atoms with Gasteiger partial charge in [0.2, 0.25) is 0 Å². The summed E-state index contributed by atoms with van der Waals surface area (Å²) >= 11 is 0. The quantitative estimate of drug-likeness (QED) is 0.502. The minimum Gasteiger partial charge on any atom is -0.407 e. The molecule has 1 aliphatic rings. The van der Waals surface area contributed by atoms with Gasteiger partial charge in [-0.1, -0.05) is 62.4 Å². The van der Waals surface area contributed by atoms with E-state index in [1.807, 2.05) is 0 Å². The first-order chi connectivity index (χ1) is 10.6. The van der Waals surface area contributed by atoms with Gasteiger partial charge in [0.25, 0.3) is 0 Å². The molecule has 0 aliphatic carbocycles. The van der Waals surface area contributed by atoms with Crippen LogP contribution in [0.4, 0.5) is 0 Å². The van der Waals surface area contributed by atoms with Gasteiger partial charge in [0.1, 0.15) is 0 Å². The summed E-state index contributed by atoms with van der Waals surface area (Å²) in [6.45, 7) is 5.78. The van der Waals surface area contributed by atoms with Crippen LogP contribution in [0.1, 0.15) is 13.8 Å². The van der Waals surface area contributed by atoms with Crippen LogP contribution in [-0.2, 0) is 9.31 Å². The molecule has 0 atom stereocenters. The predicted molar refractivity (Wildman–Crippen MR) is 92.5 cm³/mol. The number of fused-ring (bicyclic) bond motifs is 2. The SMILES string of the molecule is CC1(C)COB(c2c3ccccc3cc3ccccc23)OC1. The molecule has 3 aromatic rings. The van der Waals surface area contributed by atoms with Crippen molar-refractivity contribution in [3.8, 4) is 0 Å². The highest BCUT2D eigenvalue weighted by Crippen LogP contribution is 2.26. The van der Waals surface area contributed by atoms with Crippen LogP contribution >= 0.6 is 0 Å². The third-order valence-electron chi connectivity index (χ3n) is 4.30. The third kappa shape index (κ3) is 2.31. The van der Waals surface area contributed by atoms with Gasteiger partial charge in [-0.25, -0.2) is 0 Å².